The largest absolute Gasteiger partial charge is 0.756 e. The molecule has 9 heteroatoms. The monoisotopic (exact) mass is 1270 g/mol. The quantitative estimate of drug-likeness (QED) is 0.0272. The Balaban J connectivity index is 3.93. The van der Waals surface area contributed by atoms with E-state index in [1.807, 2.05) is 21.1 Å². The Kier molecular flexibility index (Phi) is 70.0. The Morgan fingerprint density at radius 1 is 0.393 bits per heavy atom. The SMILES string of the molecule is CCCCCCC/C=C\C/C=C\C/C=C\CCCCCCCCCCCCCCCCCCCCCCC(=O)NC(COP(=O)([O-])OCC[N+](C)(C)C)C(O)CCCCCCCCCCCCCCCCCCCCCCCCCCCCCCCCCC. The van der Waals surface area contributed by atoms with Crippen LogP contribution in [0.25, 0.3) is 0 Å². The van der Waals surface area contributed by atoms with E-state index in [9.17, 15) is 19.4 Å². The minimum Gasteiger partial charge on any atom is -0.756 e. The second kappa shape index (κ2) is 71.0. The number of unbranched alkanes of at least 4 members (excludes halogenated alkanes) is 56. The smallest absolute Gasteiger partial charge is 0.268 e. The molecule has 0 aliphatic heterocycles. The summed E-state index contributed by atoms with van der Waals surface area (Å²) in [5.74, 6) is -0.156. The lowest BCUT2D eigenvalue weighted by molar-refractivity contribution is -0.870. The molecule has 0 aromatic rings. The van der Waals surface area contributed by atoms with Gasteiger partial charge < -0.3 is 28.8 Å². The van der Waals surface area contributed by atoms with Crippen molar-refractivity contribution in [2.75, 3.05) is 40.9 Å². The van der Waals surface area contributed by atoms with Gasteiger partial charge in [0.2, 0.25) is 5.91 Å². The van der Waals surface area contributed by atoms with Gasteiger partial charge in [0, 0.05) is 6.42 Å². The number of nitrogens with zero attached hydrogens (tertiary/aromatic N) is 1. The number of quaternary nitrogens is 1. The highest BCUT2D eigenvalue weighted by Crippen LogP contribution is 2.38. The van der Waals surface area contributed by atoms with Gasteiger partial charge in [0.25, 0.3) is 7.82 Å². The van der Waals surface area contributed by atoms with Gasteiger partial charge in [-0.3, -0.25) is 9.36 Å². The fraction of sp³-hybridized carbons (Fsp3) is 0.912. The third-order valence-electron chi connectivity index (χ3n) is 18.6. The molecule has 0 saturated heterocycles. The van der Waals surface area contributed by atoms with Gasteiger partial charge in [-0.05, 0) is 51.4 Å². The van der Waals surface area contributed by atoms with E-state index in [2.05, 4.69) is 55.6 Å². The average Bonchev–Trinajstić information content (AvgIpc) is 3.64. The molecule has 0 spiro atoms. The van der Waals surface area contributed by atoms with Crippen LogP contribution in [0.1, 0.15) is 418 Å². The van der Waals surface area contributed by atoms with Crippen LogP contribution < -0.4 is 10.2 Å². The molecule has 0 aliphatic carbocycles. The van der Waals surface area contributed by atoms with E-state index in [0.29, 0.717) is 23.9 Å². The summed E-state index contributed by atoms with van der Waals surface area (Å²) in [4.78, 5) is 25.7. The van der Waals surface area contributed by atoms with Crippen LogP contribution >= 0.6 is 7.82 Å². The van der Waals surface area contributed by atoms with Crippen LogP contribution in [0.15, 0.2) is 36.5 Å². The Morgan fingerprint density at radius 2 is 0.652 bits per heavy atom. The van der Waals surface area contributed by atoms with Crippen molar-refractivity contribution in [1.29, 1.82) is 0 Å². The van der Waals surface area contributed by atoms with Crippen LogP contribution in [0.3, 0.4) is 0 Å². The first kappa shape index (κ1) is 87.7. The fourth-order valence-electron chi connectivity index (χ4n) is 12.5. The number of amides is 1. The van der Waals surface area contributed by atoms with E-state index in [4.69, 9.17) is 9.05 Å². The highest BCUT2D eigenvalue weighted by molar-refractivity contribution is 7.45. The van der Waals surface area contributed by atoms with Gasteiger partial charge in [-0.2, -0.15) is 0 Å². The minimum absolute atomic E-state index is 0.0146. The molecule has 0 aromatic heterocycles. The molecule has 1 amide bonds. The fourth-order valence-corrected chi connectivity index (χ4v) is 13.2. The topological polar surface area (TPSA) is 108 Å². The lowest BCUT2D eigenvalue weighted by Gasteiger charge is -2.30. The predicted octanol–water partition coefficient (Wildman–Crippen LogP) is 25.3. The standard InChI is InChI=1S/C80H157N2O6P/c1-6-8-10-12-14-16-18-20-22-24-26-28-30-32-34-36-38-40-41-42-44-46-48-50-52-54-56-58-60-62-64-66-68-70-72-74-80(84)81-78(77-88-89(85,86)87-76-75-82(3,4)5)79(83)73-71-69-67-65-63-61-59-57-55-53-51-49-47-45-43-39-37-35-33-31-29-27-25-23-21-19-17-15-13-11-9-7-2/h18,20,24,26,30,32,78-79,83H,6-17,19,21-23,25,27-29,31,33-77H2,1-5H3,(H-,81,84,85,86)/b20-18-,26-24-,32-30-. The van der Waals surface area contributed by atoms with Crippen LogP contribution in [-0.2, 0) is 18.4 Å². The van der Waals surface area contributed by atoms with Gasteiger partial charge in [-0.1, -0.05) is 397 Å². The Labute approximate surface area is 557 Å². The number of carbonyl (C=O) groups excluding carboxylic acids is 1. The molecule has 3 atom stereocenters. The van der Waals surface area contributed by atoms with Gasteiger partial charge in [0.15, 0.2) is 0 Å². The molecule has 8 nitrogen and oxygen atoms in total. The van der Waals surface area contributed by atoms with Crippen molar-refractivity contribution in [1.82, 2.24) is 5.32 Å². The summed E-state index contributed by atoms with van der Waals surface area (Å²) in [7, 11) is 1.33. The minimum atomic E-state index is -4.58. The predicted molar refractivity (Wildman–Crippen MR) is 390 cm³/mol. The number of aliphatic hydroxyl groups excluding tert-OH is 1. The van der Waals surface area contributed by atoms with Crippen molar-refractivity contribution in [2.24, 2.45) is 0 Å². The summed E-state index contributed by atoms with van der Waals surface area (Å²) < 4.78 is 23.6. The first-order chi connectivity index (χ1) is 43.5. The molecule has 0 saturated carbocycles. The van der Waals surface area contributed by atoms with Crippen LogP contribution in [0.2, 0.25) is 0 Å². The third-order valence-corrected chi connectivity index (χ3v) is 19.6. The first-order valence-corrected chi connectivity index (χ1v) is 41.3. The van der Waals surface area contributed by atoms with E-state index < -0.39 is 20.0 Å². The number of nitrogens with one attached hydrogen (secondary N) is 1. The molecule has 0 heterocycles. The zero-order valence-corrected chi connectivity index (χ0v) is 61.6. The van der Waals surface area contributed by atoms with E-state index in [1.165, 1.54) is 340 Å². The average molecular weight is 1270 g/mol. The number of aliphatic hydroxyl groups is 1. The van der Waals surface area contributed by atoms with E-state index >= 15 is 0 Å². The summed E-state index contributed by atoms with van der Waals surface area (Å²) in [5.41, 5.74) is 0. The zero-order chi connectivity index (χ0) is 64.8. The molecule has 0 radical (unpaired) electrons. The van der Waals surface area contributed by atoms with Crippen LogP contribution in [-0.4, -0.2) is 68.5 Å². The lowest BCUT2D eigenvalue weighted by atomic mass is 10.0. The summed E-state index contributed by atoms with van der Waals surface area (Å²) in [6.07, 6.45) is 95.5. The van der Waals surface area contributed by atoms with Crippen molar-refractivity contribution in [3.8, 4) is 0 Å². The molecule has 0 aliphatic rings. The Hall–Kier alpha value is -1.28. The van der Waals surface area contributed by atoms with Crippen LogP contribution in [0.5, 0.6) is 0 Å². The number of carbonyl (C=O) groups is 1. The maximum atomic E-state index is 13.1. The molecule has 0 bridgehead atoms. The third kappa shape index (κ3) is 74.0. The van der Waals surface area contributed by atoms with Gasteiger partial charge in [-0.15, -0.1) is 0 Å². The lowest BCUT2D eigenvalue weighted by Crippen LogP contribution is -2.46. The van der Waals surface area contributed by atoms with Gasteiger partial charge in [0.1, 0.15) is 13.2 Å². The van der Waals surface area contributed by atoms with Gasteiger partial charge in [-0.25, -0.2) is 0 Å². The second-order valence-corrected chi connectivity index (χ2v) is 30.2. The molecule has 0 aromatic carbocycles. The second-order valence-electron chi connectivity index (χ2n) is 28.8. The van der Waals surface area contributed by atoms with Gasteiger partial charge in [0.05, 0.1) is 39.9 Å². The van der Waals surface area contributed by atoms with Crippen molar-refractivity contribution >= 4 is 13.7 Å². The summed E-state index contributed by atoms with van der Waals surface area (Å²) in [6.45, 7) is 4.78. The number of allylic oxidation sites excluding steroid dienone is 6. The van der Waals surface area contributed by atoms with E-state index in [1.54, 1.807) is 0 Å². The molecule has 0 fully saturated rings. The summed E-state index contributed by atoms with van der Waals surface area (Å²) >= 11 is 0. The number of phosphoric ester groups is 1. The highest BCUT2D eigenvalue weighted by Gasteiger charge is 2.24. The normalized spacial score (nSPS) is 13.7. The number of likely N-dealkylation sites (N-methyl/N-ethyl adjacent to an activating group) is 1. The van der Waals surface area contributed by atoms with Crippen molar-refractivity contribution in [3.05, 3.63) is 36.5 Å². The summed E-state index contributed by atoms with van der Waals surface area (Å²) in [6, 6.07) is -0.801. The summed E-state index contributed by atoms with van der Waals surface area (Å²) in [5, 5.41) is 14.2. The van der Waals surface area contributed by atoms with Crippen LogP contribution in [0, 0.1) is 0 Å². The maximum absolute atomic E-state index is 13.1. The molecule has 89 heavy (non-hydrogen) atoms. The Morgan fingerprint density at radius 3 is 0.944 bits per heavy atom. The first-order valence-electron chi connectivity index (χ1n) is 39.8. The van der Waals surface area contributed by atoms with Crippen LogP contribution in [0.4, 0.5) is 0 Å². The number of phosphoric acid groups is 1. The number of hydrogen-bond acceptors (Lipinski definition) is 6. The van der Waals surface area contributed by atoms with Crippen molar-refractivity contribution < 1.29 is 32.9 Å². The molecular formula is C80H157N2O6P. The molecule has 0 rings (SSSR count). The molecule has 3 unspecified atom stereocenters. The molecule has 2 N–H and O–H groups in total. The maximum Gasteiger partial charge on any atom is 0.268 e. The van der Waals surface area contributed by atoms with E-state index in [0.717, 1.165) is 51.4 Å². The Bertz CT molecular complexity index is 1550. The number of rotatable bonds is 75. The molecule has 528 valence electrons. The van der Waals surface area contributed by atoms with Gasteiger partial charge >= 0.3 is 0 Å². The zero-order valence-electron chi connectivity index (χ0n) is 60.7. The molecular weight excluding hydrogens is 1120 g/mol. The highest BCUT2D eigenvalue weighted by atomic mass is 31.2. The van der Waals surface area contributed by atoms with Crippen molar-refractivity contribution in [3.63, 3.8) is 0 Å². The number of hydrogen-bond donors (Lipinski definition) is 2. The van der Waals surface area contributed by atoms with E-state index in [-0.39, 0.29) is 19.1 Å². The van der Waals surface area contributed by atoms with Crippen molar-refractivity contribution in [2.45, 2.75) is 431 Å².